The van der Waals surface area contributed by atoms with Crippen LogP contribution in [0.25, 0.3) is 22.3 Å². The largest absolute Gasteiger partial charge is 0.508 e. The van der Waals surface area contributed by atoms with Crippen LogP contribution < -0.4 is 10.2 Å². The highest BCUT2D eigenvalue weighted by molar-refractivity contribution is 5.88. The molecule has 10 atom stereocenters. The molecule has 1 aromatic heterocycles. The van der Waals surface area contributed by atoms with E-state index in [0.717, 1.165) is 24.3 Å². The predicted molar refractivity (Wildman–Crippen MR) is 142 cm³/mol. The number of aliphatic hydroxyl groups excluding tert-OH is 7. The molecule has 5 unspecified atom stereocenters. The fraction of sp³-hybridized carbons (Fsp3) is 0.444. The van der Waals surface area contributed by atoms with Crippen LogP contribution in [0.1, 0.15) is 0 Å². The monoisotopic (exact) mass is 626 g/mol. The molecule has 44 heavy (non-hydrogen) atoms. The van der Waals surface area contributed by atoms with Gasteiger partial charge in [0.2, 0.25) is 17.5 Å². The van der Waals surface area contributed by atoms with Gasteiger partial charge in [0.25, 0.3) is 0 Å². The van der Waals surface area contributed by atoms with Gasteiger partial charge in [-0.15, -0.1) is 0 Å². The van der Waals surface area contributed by atoms with E-state index in [1.807, 2.05) is 0 Å². The van der Waals surface area contributed by atoms with Crippen LogP contribution in [0.3, 0.4) is 0 Å². The normalized spacial score (nSPS) is 32.5. The first kappa shape index (κ1) is 31.7. The predicted octanol–water partition coefficient (Wildman–Crippen LogP) is -2.71. The van der Waals surface area contributed by atoms with Crippen molar-refractivity contribution in [2.75, 3.05) is 13.2 Å². The van der Waals surface area contributed by atoms with E-state index in [1.54, 1.807) is 0 Å². The maximum atomic E-state index is 13.6. The number of hydrogen-bond acceptors (Lipinski definition) is 17. The van der Waals surface area contributed by atoms with Crippen molar-refractivity contribution in [2.24, 2.45) is 0 Å². The van der Waals surface area contributed by atoms with E-state index in [4.69, 9.17) is 23.4 Å². The molecule has 0 amide bonds. The summed E-state index contributed by atoms with van der Waals surface area (Å²) in [7, 11) is 0. The SMILES string of the molecule is O=c1c(O[C@@H]2OC(CO[C@@H]3OC(CO)[C@@H](O)[C@H](O)C3O)[C@@H](O)C(O)C2O)c(-c2ccc(O)c(O)c2)oc2cc(O)cc(O)c12. The molecule has 2 aliphatic heterocycles. The minimum atomic E-state index is -2.00. The lowest BCUT2D eigenvalue weighted by atomic mass is 9.98. The molecule has 3 heterocycles. The number of ether oxygens (including phenoxy) is 4. The zero-order valence-electron chi connectivity index (χ0n) is 22.4. The lowest BCUT2D eigenvalue weighted by Gasteiger charge is -2.42. The second-order valence-electron chi connectivity index (χ2n) is 10.3. The summed E-state index contributed by atoms with van der Waals surface area (Å²) in [6.45, 7) is -1.42. The maximum absolute atomic E-state index is 13.6. The van der Waals surface area contributed by atoms with Crippen molar-refractivity contribution in [3.8, 4) is 40.1 Å². The quantitative estimate of drug-likeness (QED) is 0.119. The third kappa shape index (κ3) is 5.73. The fourth-order valence-corrected chi connectivity index (χ4v) is 4.89. The van der Waals surface area contributed by atoms with Gasteiger partial charge in [-0.3, -0.25) is 4.79 Å². The van der Waals surface area contributed by atoms with Crippen LogP contribution in [0, 0.1) is 0 Å². The van der Waals surface area contributed by atoms with Gasteiger partial charge in [-0.25, -0.2) is 0 Å². The molecule has 0 radical (unpaired) electrons. The number of aliphatic hydroxyl groups is 7. The van der Waals surface area contributed by atoms with Crippen LogP contribution in [-0.2, 0) is 14.2 Å². The van der Waals surface area contributed by atoms with Crippen molar-refractivity contribution in [3.63, 3.8) is 0 Å². The zero-order chi connectivity index (χ0) is 32.0. The molecule has 11 N–H and O–H groups in total. The molecule has 3 aromatic rings. The van der Waals surface area contributed by atoms with E-state index in [1.165, 1.54) is 6.07 Å². The van der Waals surface area contributed by atoms with Gasteiger partial charge in [-0.05, 0) is 18.2 Å². The van der Waals surface area contributed by atoms with Gasteiger partial charge in [0.15, 0.2) is 23.5 Å². The van der Waals surface area contributed by atoms with Crippen molar-refractivity contribution in [1.82, 2.24) is 0 Å². The Morgan fingerprint density at radius 2 is 1.34 bits per heavy atom. The molecule has 2 saturated heterocycles. The molecule has 0 saturated carbocycles. The second-order valence-corrected chi connectivity index (χ2v) is 10.3. The van der Waals surface area contributed by atoms with Crippen molar-refractivity contribution in [1.29, 1.82) is 0 Å². The van der Waals surface area contributed by atoms with Gasteiger partial charge in [0, 0.05) is 17.7 Å². The van der Waals surface area contributed by atoms with E-state index in [2.05, 4.69) is 0 Å². The Morgan fingerprint density at radius 3 is 2.00 bits per heavy atom. The van der Waals surface area contributed by atoms with E-state index in [-0.39, 0.29) is 11.1 Å². The molecule has 2 aromatic carbocycles. The minimum Gasteiger partial charge on any atom is -0.508 e. The Balaban J connectivity index is 1.47. The lowest BCUT2D eigenvalue weighted by Crippen LogP contribution is -2.62. The lowest BCUT2D eigenvalue weighted by molar-refractivity contribution is -0.323. The zero-order valence-corrected chi connectivity index (χ0v) is 22.4. The Labute approximate surface area is 246 Å². The molecule has 17 nitrogen and oxygen atoms in total. The summed E-state index contributed by atoms with van der Waals surface area (Å²) < 4.78 is 27.6. The van der Waals surface area contributed by atoms with Crippen LogP contribution in [-0.4, -0.2) is 131 Å². The van der Waals surface area contributed by atoms with E-state index < -0.39 is 120 Å². The highest BCUT2D eigenvalue weighted by Crippen LogP contribution is 2.39. The first-order valence-corrected chi connectivity index (χ1v) is 13.2. The van der Waals surface area contributed by atoms with Crippen LogP contribution >= 0.6 is 0 Å². The number of phenols is 4. The van der Waals surface area contributed by atoms with E-state index >= 15 is 0 Å². The van der Waals surface area contributed by atoms with Gasteiger partial charge in [0.1, 0.15) is 71.3 Å². The number of fused-ring (bicyclic) bond motifs is 1. The summed E-state index contributed by atoms with van der Waals surface area (Å²) >= 11 is 0. The van der Waals surface area contributed by atoms with Gasteiger partial charge < -0.3 is 79.5 Å². The highest BCUT2D eigenvalue weighted by Gasteiger charge is 2.48. The van der Waals surface area contributed by atoms with Gasteiger partial charge in [-0.2, -0.15) is 0 Å². The number of benzene rings is 2. The maximum Gasteiger partial charge on any atom is 0.239 e. The number of phenolic OH excluding ortho intramolecular Hbond substituents is 4. The summed E-state index contributed by atoms with van der Waals surface area (Å²) in [6, 6.07) is 5.17. The molecule has 5 rings (SSSR count). The smallest absolute Gasteiger partial charge is 0.239 e. The van der Waals surface area contributed by atoms with Crippen molar-refractivity contribution >= 4 is 11.0 Å². The fourth-order valence-electron chi connectivity index (χ4n) is 4.89. The standard InChI is InChI=1S/C27H30O17/c28-6-14-17(33)20(36)22(38)26(42-14)40-7-15-18(34)21(37)23(39)27(43-15)44-25-19(35)16-12(32)4-9(29)5-13(16)41-24(25)8-1-2-10(30)11(31)3-8/h1-5,14-15,17-18,20-23,26-34,36-39H,6-7H2/t14?,15?,17-,18-,20+,21?,22?,23?,26-,27+/m1/s1. The first-order chi connectivity index (χ1) is 20.8. The average Bonchev–Trinajstić information content (AvgIpc) is 2.98. The van der Waals surface area contributed by atoms with Crippen LogP contribution in [0.2, 0.25) is 0 Å². The van der Waals surface area contributed by atoms with E-state index in [9.17, 15) is 61.0 Å². The summed E-state index contributed by atoms with van der Waals surface area (Å²) in [4.78, 5) is 13.6. The third-order valence-electron chi connectivity index (χ3n) is 7.33. The Morgan fingerprint density at radius 1 is 0.705 bits per heavy atom. The summed E-state index contributed by atoms with van der Waals surface area (Å²) in [6.07, 6.45) is -17.4. The number of hydrogen-bond donors (Lipinski definition) is 11. The first-order valence-electron chi connectivity index (χ1n) is 13.2. The Bertz CT molecular complexity index is 1560. The molecular weight excluding hydrogens is 596 g/mol. The molecule has 17 heteroatoms. The molecule has 0 spiro atoms. The number of rotatable bonds is 7. The topological polar surface area (TPSA) is 290 Å². The van der Waals surface area contributed by atoms with Crippen LogP contribution in [0.4, 0.5) is 0 Å². The van der Waals surface area contributed by atoms with Crippen LogP contribution in [0.15, 0.2) is 39.5 Å². The molecule has 240 valence electrons. The highest BCUT2D eigenvalue weighted by atomic mass is 16.7. The molecule has 2 fully saturated rings. The van der Waals surface area contributed by atoms with Gasteiger partial charge in [-0.1, -0.05) is 0 Å². The molecular formula is C27H30O17. The van der Waals surface area contributed by atoms with Gasteiger partial charge in [0.05, 0.1) is 13.2 Å². The average molecular weight is 627 g/mol. The van der Waals surface area contributed by atoms with Crippen LogP contribution in [0.5, 0.6) is 28.7 Å². The third-order valence-corrected chi connectivity index (χ3v) is 7.33. The second kappa shape index (κ2) is 12.3. The number of aromatic hydroxyl groups is 4. The van der Waals surface area contributed by atoms with Gasteiger partial charge >= 0.3 is 0 Å². The Kier molecular flexibility index (Phi) is 8.87. The summed E-state index contributed by atoms with van der Waals surface area (Å²) in [5.41, 5.74) is -1.41. The minimum absolute atomic E-state index is 0.0504. The van der Waals surface area contributed by atoms with Crippen molar-refractivity contribution in [3.05, 3.63) is 40.6 Å². The van der Waals surface area contributed by atoms with Crippen molar-refractivity contribution < 1.29 is 79.5 Å². The van der Waals surface area contributed by atoms with E-state index in [0.29, 0.717) is 0 Å². The summed E-state index contributed by atoms with van der Waals surface area (Å²) in [5.74, 6) is -3.44. The van der Waals surface area contributed by atoms with Crippen molar-refractivity contribution in [2.45, 2.75) is 61.4 Å². The Hall–Kier alpha value is -3.75. The molecule has 0 bridgehead atoms. The molecule has 2 aliphatic rings. The summed E-state index contributed by atoms with van der Waals surface area (Å²) in [5, 5.41) is 111. The molecule has 0 aliphatic carbocycles.